The van der Waals surface area contributed by atoms with Crippen LogP contribution < -0.4 is 10.6 Å². The molecule has 2 aromatic rings. The van der Waals surface area contributed by atoms with Crippen molar-refractivity contribution in [3.05, 3.63) is 77.5 Å². The van der Waals surface area contributed by atoms with Gasteiger partial charge in [0.25, 0.3) is 0 Å². The van der Waals surface area contributed by atoms with Gasteiger partial charge in [0.05, 0.1) is 0 Å². The summed E-state index contributed by atoms with van der Waals surface area (Å²) in [5.74, 6) is 0. The maximum absolute atomic E-state index is 5.66. The lowest BCUT2D eigenvalue weighted by Gasteiger charge is -2.17. The highest BCUT2D eigenvalue weighted by Gasteiger charge is 2.11. The van der Waals surface area contributed by atoms with Crippen LogP contribution in [0.5, 0.6) is 0 Å². The van der Waals surface area contributed by atoms with Gasteiger partial charge in [0.2, 0.25) is 0 Å². The Hall–Kier alpha value is -2.22. The van der Waals surface area contributed by atoms with Crippen LogP contribution in [-0.4, -0.2) is 13.1 Å². The lowest BCUT2D eigenvalue weighted by molar-refractivity contribution is 0.946. The van der Waals surface area contributed by atoms with Crippen molar-refractivity contribution in [2.24, 2.45) is 5.73 Å². The number of aryl methyl sites for hydroxylation is 2. The highest BCUT2D eigenvalue weighted by molar-refractivity contribution is 5.48. The Morgan fingerprint density at radius 1 is 0.826 bits per heavy atom. The molecule has 0 aromatic heterocycles. The summed E-state index contributed by atoms with van der Waals surface area (Å²) in [5, 5.41) is 0. The molecule has 0 spiro atoms. The third kappa shape index (κ3) is 4.38. The quantitative estimate of drug-likeness (QED) is 0.871. The third-order valence-electron chi connectivity index (χ3n) is 4.56. The van der Waals surface area contributed by atoms with Crippen LogP contribution in [0.4, 0.5) is 5.69 Å². The van der Waals surface area contributed by atoms with Crippen molar-refractivity contribution in [2.45, 2.75) is 32.1 Å². The molecule has 2 nitrogen and oxygen atoms in total. The third-order valence-corrected chi connectivity index (χ3v) is 4.56. The number of rotatable bonds is 6. The fraction of sp³-hybridized carbons (Fsp3) is 0.333. The van der Waals surface area contributed by atoms with Crippen molar-refractivity contribution in [2.75, 3.05) is 18.0 Å². The summed E-state index contributed by atoms with van der Waals surface area (Å²) in [6.45, 7) is 6.18. The van der Waals surface area contributed by atoms with Gasteiger partial charge in [0.15, 0.2) is 0 Å². The van der Waals surface area contributed by atoms with Gasteiger partial charge in [-0.25, -0.2) is 0 Å². The SMILES string of the molecule is C=C(N)Cc1ccc(CCc2ccc(N3CCCC3)cc2)cc1. The van der Waals surface area contributed by atoms with Gasteiger partial charge < -0.3 is 10.6 Å². The molecular weight excluding hydrogens is 280 g/mol. The molecule has 1 heterocycles. The Morgan fingerprint density at radius 2 is 1.30 bits per heavy atom. The molecule has 2 N–H and O–H groups in total. The van der Waals surface area contributed by atoms with E-state index < -0.39 is 0 Å². The second-order valence-corrected chi connectivity index (χ2v) is 6.51. The van der Waals surface area contributed by atoms with Crippen LogP contribution in [0, 0.1) is 0 Å². The van der Waals surface area contributed by atoms with E-state index in [1.807, 2.05) is 0 Å². The molecule has 0 atom stereocenters. The van der Waals surface area contributed by atoms with Gasteiger partial charge in [0, 0.05) is 30.9 Å². The summed E-state index contributed by atoms with van der Waals surface area (Å²) in [4.78, 5) is 2.48. The summed E-state index contributed by atoms with van der Waals surface area (Å²) in [7, 11) is 0. The van der Waals surface area contributed by atoms with Crippen LogP contribution in [0.15, 0.2) is 60.8 Å². The lowest BCUT2D eigenvalue weighted by atomic mass is 10.0. The predicted molar refractivity (Wildman–Crippen MR) is 98.8 cm³/mol. The van der Waals surface area contributed by atoms with Crippen molar-refractivity contribution >= 4 is 5.69 Å². The average molecular weight is 306 g/mol. The van der Waals surface area contributed by atoms with E-state index in [1.54, 1.807) is 0 Å². The van der Waals surface area contributed by atoms with E-state index in [-0.39, 0.29) is 0 Å². The number of anilines is 1. The molecule has 0 saturated carbocycles. The van der Waals surface area contributed by atoms with Crippen LogP contribution in [0.2, 0.25) is 0 Å². The number of nitrogens with two attached hydrogens (primary N) is 1. The van der Waals surface area contributed by atoms with Gasteiger partial charge in [-0.05, 0) is 54.5 Å². The molecule has 0 radical (unpaired) electrons. The fourth-order valence-electron chi connectivity index (χ4n) is 3.22. The Bertz CT molecular complexity index is 635. The number of allylic oxidation sites excluding steroid dienone is 1. The Balaban J connectivity index is 1.54. The maximum atomic E-state index is 5.66. The molecule has 0 bridgehead atoms. The van der Waals surface area contributed by atoms with Gasteiger partial charge in [0.1, 0.15) is 0 Å². The van der Waals surface area contributed by atoms with E-state index in [4.69, 9.17) is 5.73 Å². The Labute approximate surface area is 139 Å². The van der Waals surface area contributed by atoms with E-state index in [0.717, 1.165) is 25.0 Å². The van der Waals surface area contributed by atoms with Gasteiger partial charge in [-0.15, -0.1) is 0 Å². The maximum Gasteiger partial charge on any atom is 0.0366 e. The van der Waals surface area contributed by atoms with Crippen molar-refractivity contribution < 1.29 is 0 Å². The molecule has 2 heteroatoms. The van der Waals surface area contributed by atoms with Gasteiger partial charge >= 0.3 is 0 Å². The molecule has 1 aliphatic heterocycles. The standard InChI is InChI=1S/C21H26N2/c1-17(22)16-20-8-6-18(7-9-20)4-5-19-10-12-21(13-11-19)23-14-2-3-15-23/h6-13H,1-5,14-16,22H2. The molecule has 23 heavy (non-hydrogen) atoms. The molecular formula is C21H26N2. The Morgan fingerprint density at radius 3 is 1.83 bits per heavy atom. The second-order valence-electron chi connectivity index (χ2n) is 6.51. The second kappa shape index (κ2) is 7.36. The van der Waals surface area contributed by atoms with E-state index in [2.05, 4.69) is 60.0 Å². The Kier molecular flexibility index (Phi) is 5.02. The van der Waals surface area contributed by atoms with Crippen LogP contribution in [0.1, 0.15) is 29.5 Å². The molecule has 3 rings (SSSR count). The van der Waals surface area contributed by atoms with Gasteiger partial charge in [-0.2, -0.15) is 0 Å². The van der Waals surface area contributed by atoms with Crippen molar-refractivity contribution in [3.8, 4) is 0 Å². The van der Waals surface area contributed by atoms with Gasteiger partial charge in [-0.1, -0.05) is 43.0 Å². The van der Waals surface area contributed by atoms with Crippen LogP contribution in [0.3, 0.4) is 0 Å². The largest absolute Gasteiger partial charge is 0.402 e. The van der Waals surface area contributed by atoms with Crippen molar-refractivity contribution in [1.29, 1.82) is 0 Å². The zero-order valence-electron chi connectivity index (χ0n) is 13.8. The highest BCUT2D eigenvalue weighted by Crippen LogP contribution is 2.21. The molecule has 2 aromatic carbocycles. The predicted octanol–water partition coefficient (Wildman–Crippen LogP) is 4.09. The summed E-state index contributed by atoms with van der Waals surface area (Å²) in [5.41, 5.74) is 11.8. The minimum atomic E-state index is 0.718. The van der Waals surface area contributed by atoms with E-state index >= 15 is 0 Å². The molecule has 1 saturated heterocycles. The first-order chi connectivity index (χ1) is 11.2. The summed E-state index contributed by atoms with van der Waals surface area (Å²) in [6.07, 6.45) is 5.58. The number of nitrogens with zero attached hydrogens (tertiary/aromatic N) is 1. The van der Waals surface area contributed by atoms with Crippen LogP contribution in [0.25, 0.3) is 0 Å². The monoisotopic (exact) mass is 306 g/mol. The number of hydrogen-bond acceptors (Lipinski definition) is 2. The number of hydrogen-bond donors (Lipinski definition) is 1. The lowest BCUT2D eigenvalue weighted by Crippen LogP contribution is -2.17. The zero-order chi connectivity index (χ0) is 16.1. The summed E-state index contributed by atoms with van der Waals surface area (Å²) < 4.78 is 0. The van der Waals surface area contributed by atoms with E-state index in [0.29, 0.717) is 0 Å². The average Bonchev–Trinajstić information content (AvgIpc) is 3.09. The minimum Gasteiger partial charge on any atom is -0.402 e. The first-order valence-corrected chi connectivity index (χ1v) is 8.56. The van der Waals surface area contributed by atoms with Crippen molar-refractivity contribution in [3.63, 3.8) is 0 Å². The van der Waals surface area contributed by atoms with Crippen LogP contribution >= 0.6 is 0 Å². The molecule has 0 unspecified atom stereocenters. The molecule has 120 valence electrons. The highest BCUT2D eigenvalue weighted by atomic mass is 15.1. The smallest absolute Gasteiger partial charge is 0.0366 e. The summed E-state index contributed by atoms with van der Waals surface area (Å²) in [6, 6.07) is 17.8. The molecule has 0 amide bonds. The van der Waals surface area contributed by atoms with Crippen molar-refractivity contribution in [1.82, 2.24) is 0 Å². The normalized spacial score (nSPS) is 14.2. The molecule has 1 aliphatic rings. The van der Waals surface area contributed by atoms with E-state index in [1.165, 1.54) is 48.3 Å². The first kappa shape index (κ1) is 15.7. The van der Waals surface area contributed by atoms with Crippen LogP contribution in [-0.2, 0) is 19.3 Å². The molecule has 0 aliphatic carbocycles. The first-order valence-electron chi connectivity index (χ1n) is 8.56. The fourth-order valence-corrected chi connectivity index (χ4v) is 3.22. The summed E-state index contributed by atoms with van der Waals surface area (Å²) >= 11 is 0. The molecule has 1 fully saturated rings. The zero-order valence-corrected chi connectivity index (χ0v) is 13.8. The topological polar surface area (TPSA) is 29.3 Å². The van der Waals surface area contributed by atoms with Gasteiger partial charge in [-0.3, -0.25) is 0 Å². The van der Waals surface area contributed by atoms with E-state index in [9.17, 15) is 0 Å². The minimum absolute atomic E-state index is 0.718. The number of benzene rings is 2.